The topological polar surface area (TPSA) is 96.1 Å². The second-order valence-corrected chi connectivity index (χ2v) is 8.20. The summed E-state index contributed by atoms with van der Waals surface area (Å²) in [5, 5.41) is 12.0. The Morgan fingerprint density at radius 3 is 2.50 bits per heavy atom. The van der Waals surface area contributed by atoms with Crippen LogP contribution in [0.2, 0.25) is 0 Å². The van der Waals surface area contributed by atoms with Crippen LogP contribution in [0.5, 0.6) is 0 Å². The molecule has 0 radical (unpaired) electrons. The molecule has 4 rings (SSSR count). The quantitative estimate of drug-likeness (QED) is 0.421. The van der Waals surface area contributed by atoms with Gasteiger partial charge in [-0.15, -0.1) is 0 Å². The molecule has 1 saturated heterocycles. The van der Waals surface area contributed by atoms with Crippen molar-refractivity contribution in [3.05, 3.63) is 77.6 Å². The fourth-order valence-electron chi connectivity index (χ4n) is 3.89. The van der Waals surface area contributed by atoms with Crippen molar-refractivity contribution in [3.8, 4) is 0 Å². The normalized spacial score (nSPS) is 18.0. The molecule has 0 saturated carbocycles. The first-order valence-corrected chi connectivity index (χ1v) is 10.7. The van der Waals surface area contributed by atoms with E-state index in [1.807, 2.05) is 0 Å². The number of nitrogens with zero attached hydrogens (tertiary/aromatic N) is 1. The average molecular weight is 472 g/mol. The number of carbonyl (C=O) groups excluding carboxylic acids is 2. The number of aromatic amines is 1. The predicted molar refractivity (Wildman–Crippen MR) is 118 cm³/mol. The van der Waals surface area contributed by atoms with Gasteiger partial charge in [0, 0.05) is 31.5 Å². The third-order valence-corrected chi connectivity index (χ3v) is 5.80. The molecule has 7 nitrogen and oxygen atoms in total. The van der Waals surface area contributed by atoms with Gasteiger partial charge in [-0.2, -0.15) is 18.3 Å². The first-order chi connectivity index (χ1) is 16.3. The van der Waals surface area contributed by atoms with Gasteiger partial charge in [-0.25, -0.2) is 0 Å². The van der Waals surface area contributed by atoms with E-state index in [2.05, 4.69) is 20.8 Å². The lowest BCUT2D eigenvalue weighted by Gasteiger charge is -2.25. The first kappa shape index (κ1) is 23.5. The zero-order chi connectivity index (χ0) is 24.2. The molecule has 0 unspecified atom stereocenters. The number of nitrogens with one attached hydrogen (secondary N) is 3. The van der Waals surface area contributed by atoms with Crippen molar-refractivity contribution in [2.24, 2.45) is 5.41 Å². The fourth-order valence-corrected chi connectivity index (χ4v) is 3.89. The van der Waals surface area contributed by atoms with Crippen LogP contribution in [0.25, 0.3) is 0 Å². The number of benzene rings is 2. The van der Waals surface area contributed by atoms with Gasteiger partial charge in [0.2, 0.25) is 5.91 Å². The Bertz CT molecular complexity index is 1140. The maximum absolute atomic E-state index is 13.2. The summed E-state index contributed by atoms with van der Waals surface area (Å²) < 4.78 is 45.0. The minimum Gasteiger partial charge on any atom is -0.380 e. The van der Waals surface area contributed by atoms with Crippen LogP contribution in [0.3, 0.4) is 0 Å². The highest BCUT2D eigenvalue weighted by molar-refractivity contribution is 5.98. The molecule has 178 valence electrons. The zero-order valence-electron chi connectivity index (χ0n) is 18.1. The number of para-hydroxylation sites is 1. The van der Waals surface area contributed by atoms with E-state index < -0.39 is 17.2 Å². The third-order valence-electron chi connectivity index (χ3n) is 5.80. The predicted octanol–water partition coefficient (Wildman–Crippen LogP) is 4.47. The second kappa shape index (κ2) is 9.68. The SMILES string of the molecule is O=C(C[C@@]1(C(=O)NCc2ccc(Nc3ccccc3C(F)(F)F)cc2)CCOC1)c1ccn[nH]1. The van der Waals surface area contributed by atoms with Crippen LogP contribution in [-0.2, 0) is 22.3 Å². The molecule has 10 heteroatoms. The van der Waals surface area contributed by atoms with Gasteiger partial charge in [-0.3, -0.25) is 14.7 Å². The van der Waals surface area contributed by atoms with Crippen molar-refractivity contribution in [2.45, 2.75) is 25.6 Å². The Balaban J connectivity index is 1.38. The lowest BCUT2D eigenvalue weighted by molar-refractivity contribution is -0.137. The lowest BCUT2D eigenvalue weighted by atomic mass is 9.80. The van der Waals surface area contributed by atoms with E-state index >= 15 is 0 Å². The summed E-state index contributed by atoms with van der Waals surface area (Å²) in [5.41, 5.74) is -0.157. The highest BCUT2D eigenvalue weighted by Crippen LogP contribution is 2.36. The maximum Gasteiger partial charge on any atom is 0.418 e. The van der Waals surface area contributed by atoms with Gasteiger partial charge in [0.25, 0.3) is 0 Å². The van der Waals surface area contributed by atoms with E-state index in [9.17, 15) is 22.8 Å². The van der Waals surface area contributed by atoms with E-state index in [1.165, 1.54) is 24.4 Å². The third kappa shape index (κ3) is 5.28. The summed E-state index contributed by atoms with van der Waals surface area (Å²) in [5.74, 6) is -0.494. The van der Waals surface area contributed by atoms with E-state index in [0.29, 0.717) is 24.4 Å². The number of anilines is 2. The van der Waals surface area contributed by atoms with Crippen LogP contribution in [0.1, 0.15) is 34.5 Å². The maximum atomic E-state index is 13.2. The van der Waals surface area contributed by atoms with E-state index in [1.54, 1.807) is 30.3 Å². The molecular formula is C24H23F3N4O3. The Morgan fingerprint density at radius 2 is 1.85 bits per heavy atom. The summed E-state index contributed by atoms with van der Waals surface area (Å²) in [6.07, 6.45) is -2.56. The Morgan fingerprint density at radius 1 is 1.09 bits per heavy atom. The van der Waals surface area contributed by atoms with Gasteiger partial charge in [0.1, 0.15) is 5.69 Å². The van der Waals surface area contributed by atoms with Crippen molar-refractivity contribution >= 4 is 23.1 Å². The monoisotopic (exact) mass is 472 g/mol. The number of carbonyl (C=O) groups is 2. The van der Waals surface area contributed by atoms with Crippen LogP contribution in [0.15, 0.2) is 60.8 Å². The van der Waals surface area contributed by atoms with Gasteiger partial charge < -0.3 is 15.4 Å². The molecule has 2 heterocycles. The number of halogens is 3. The van der Waals surface area contributed by atoms with Gasteiger partial charge in [0.05, 0.1) is 23.3 Å². The molecule has 0 aliphatic carbocycles. The van der Waals surface area contributed by atoms with Crippen molar-refractivity contribution in [1.82, 2.24) is 15.5 Å². The Kier molecular flexibility index (Phi) is 6.69. The molecule has 3 N–H and O–H groups in total. The number of amides is 1. The summed E-state index contributed by atoms with van der Waals surface area (Å²) in [6.45, 7) is 0.752. The molecule has 1 fully saturated rings. The minimum atomic E-state index is -4.47. The van der Waals surface area contributed by atoms with Gasteiger partial charge >= 0.3 is 6.18 Å². The molecule has 1 amide bonds. The minimum absolute atomic E-state index is 0.00248. The molecule has 0 bridgehead atoms. The number of aromatic nitrogens is 2. The van der Waals surface area contributed by atoms with E-state index in [-0.39, 0.29) is 37.0 Å². The largest absolute Gasteiger partial charge is 0.418 e. The molecule has 2 aromatic carbocycles. The van der Waals surface area contributed by atoms with E-state index in [4.69, 9.17) is 4.74 Å². The number of ketones is 1. The lowest BCUT2D eigenvalue weighted by Crippen LogP contribution is -2.42. The Hall–Kier alpha value is -3.66. The standard InChI is InChI=1S/C24H23F3N4O3/c25-24(26,27)18-3-1-2-4-19(18)30-17-7-5-16(6-8-17)14-28-22(33)23(10-12-34-15-23)13-21(32)20-9-11-29-31-20/h1-9,11,30H,10,12-15H2,(H,28,33)(H,29,31)/t23-/m0/s1. The number of hydrogen-bond donors (Lipinski definition) is 3. The molecule has 1 aromatic heterocycles. The number of ether oxygens (including phenoxy) is 1. The summed E-state index contributed by atoms with van der Waals surface area (Å²) in [6, 6.07) is 13.5. The summed E-state index contributed by atoms with van der Waals surface area (Å²) >= 11 is 0. The van der Waals surface area contributed by atoms with Crippen LogP contribution in [-0.4, -0.2) is 35.1 Å². The average Bonchev–Trinajstić information content (AvgIpc) is 3.51. The second-order valence-electron chi connectivity index (χ2n) is 8.20. The molecular weight excluding hydrogens is 449 g/mol. The van der Waals surface area contributed by atoms with Gasteiger partial charge in [-0.1, -0.05) is 24.3 Å². The van der Waals surface area contributed by atoms with E-state index in [0.717, 1.165) is 11.6 Å². The van der Waals surface area contributed by atoms with Crippen molar-refractivity contribution in [3.63, 3.8) is 0 Å². The van der Waals surface area contributed by atoms with Crippen LogP contribution in [0.4, 0.5) is 24.5 Å². The summed E-state index contributed by atoms with van der Waals surface area (Å²) in [7, 11) is 0. The molecule has 1 aliphatic heterocycles. The van der Waals surface area contributed by atoms with Crippen LogP contribution >= 0.6 is 0 Å². The number of H-pyrrole nitrogens is 1. The van der Waals surface area contributed by atoms with Crippen LogP contribution < -0.4 is 10.6 Å². The first-order valence-electron chi connectivity index (χ1n) is 10.7. The molecule has 3 aromatic rings. The number of Topliss-reactive ketones (excluding diaryl/α,β-unsaturated/α-hetero) is 1. The zero-order valence-corrected chi connectivity index (χ0v) is 18.1. The summed E-state index contributed by atoms with van der Waals surface area (Å²) in [4.78, 5) is 25.5. The van der Waals surface area contributed by atoms with Crippen molar-refractivity contribution in [1.29, 1.82) is 0 Å². The molecule has 1 atom stereocenters. The van der Waals surface area contributed by atoms with Gasteiger partial charge in [-0.05, 0) is 42.3 Å². The fraction of sp³-hybridized carbons (Fsp3) is 0.292. The van der Waals surface area contributed by atoms with Crippen molar-refractivity contribution in [2.75, 3.05) is 18.5 Å². The smallest absolute Gasteiger partial charge is 0.380 e. The number of rotatable bonds is 8. The highest BCUT2D eigenvalue weighted by atomic mass is 19.4. The van der Waals surface area contributed by atoms with Crippen LogP contribution in [0, 0.1) is 5.41 Å². The van der Waals surface area contributed by atoms with Crippen molar-refractivity contribution < 1.29 is 27.5 Å². The number of alkyl halides is 3. The molecule has 1 aliphatic rings. The highest BCUT2D eigenvalue weighted by Gasteiger charge is 2.44. The Labute approximate surface area is 193 Å². The van der Waals surface area contributed by atoms with Gasteiger partial charge in [0.15, 0.2) is 5.78 Å². The number of hydrogen-bond acceptors (Lipinski definition) is 5. The molecule has 34 heavy (non-hydrogen) atoms. The molecule has 0 spiro atoms.